The van der Waals surface area contributed by atoms with Crippen LogP contribution in [0.1, 0.15) is 16.8 Å². The standard InChI is InChI=1S/C11H15N3O2/c1-16-10-3-2-8(6-13-10)11(15)14-5-4-9(12)7-14/h2-3,6,9H,4-5,7,12H2,1H3. The molecule has 1 amide bonds. The van der Waals surface area contributed by atoms with E-state index in [2.05, 4.69) is 4.98 Å². The molecule has 2 heterocycles. The summed E-state index contributed by atoms with van der Waals surface area (Å²) in [6.07, 6.45) is 2.40. The largest absolute Gasteiger partial charge is 0.481 e. The van der Waals surface area contributed by atoms with E-state index in [9.17, 15) is 4.79 Å². The fraction of sp³-hybridized carbons (Fsp3) is 0.455. The quantitative estimate of drug-likeness (QED) is 0.778. The fourth-order valence-electron chi connectivity index (χ4n) is 1.78. The number of ether oxygens (including phenoxy) is 1. The molecular formula is C11H15N3O2. The zero-order chi connectivity index (χ0) is 11.5. The molecule has 86 valence electrons. The zero-order valence-electron chi connectivity index (χ0n) is 9.22. The summed E-state index contributed by atoms with van der Waals surface area (Å²) in [6, 6.07) is 3.51. The maximum absolute atomic E-state index is 12.0. The average Bonchev–Trinajstić information content (AvgIpc) is 2.75. The van der Waals surface area contributed by atoms with E-state index in [4.69, 9.17) is 10.5 Å². The van der Waals surface area contributed by atoms with Crippen molar-refractivity contribution in [2.75, 3.05) is 20.2 Å². The van der Waals surface area contributed by atoms with Crippen LogP contribution in [0.15, 0.2) is 18.3 Å². The number of carbonyl (C=O) groups excluding carboxylic acids is 1. The SMILES string of the molecule is COc1ccc(C(=O)N2CCC(N)C2)cn1. The third-order valence-electron chi connectivity index (χ3n) is 2.70. The first-order chi connectivity index (χ1) is 7.70. The molecule has 1 atom stereocenters. The lowest BCUT2D eigenvalue weighted by molar-refractivity contribution is 0.0790. The first-order valence-electron chi connectivity index (χ1n) is 5.25. The summed E-state index contributed by atoms with van der Waals surface area (Å²) in [6.45, 7) is 1.36. The van der Waals surface area contributed by atoms with E-state index in [0.717, 1.165) is 13.0 Å². The Bertz CT molecular complexity index is 377. The van der Waals surface area contributed by atoms with E-state index in [1.165, 1.54) is 6.20 Å². The van der Waals surface area contributed by atoms with Crippen molar-refractivity contribution in [1.82, 2.24) is 9.88 Å². The van der Waals surface area contributed by atoms with Crippen molar-refractivity contribution < 1.29 is 9.53 Å². The van der Waals surface area contributed by atoms with Gasteiger partial charge in [0, 0.05) is 31.4 Å². The summed E-state index contributed by atoms with van der Waals surface area (Å²) >= 11 is 0. The van der Waals surface area contributed by atoms with E-state index in [1.54, 1.807) is 24.1 Å². The summed E-state index contributed by atoms with van der Waals surface area (Å²) in [5, 5.41) is 0. The lowest BCUT2D eigenvalue weighted by Crippen LogP contribution is -2.31. The molecule has 1 saturated heterocycles. The molecule has 1 aliphatic heterocycles. The first-order valence-corrected chi connectivity index (χ1v) is 5.25. The molecule has 0 spiro atoms. The maximum Gasteiger partial charge on any atom is 0.255 e. The van der Waals surface area contributed by atoms with E-state index >= 15 is 0 Å². The van der Waals surface area contributed by atoms with Crippen LogP contribution in [0.2, 0.25) is 0 Å². The van der Waals surface area contributed by atoms with Crippen molar-refractivity contribution in [1.29, 1.82) is 0 Å². The minimum atomic E-state index is -0.0110. The number of hydrogen-bond acceptors (Lipinski definition) is 4. The molecule has 2 rings (SSSR count). The maximum atomic E-state index is 12.0. The Morgan fingerprint density at radius 1 is 1.62 bits per heavy atom. The lowest BCUT2D eigenvalue weighted by atomic mass is 10.2. The van der Waals surface area contributed by atoms with E-state index in [-0.39, 0.29) is 11.9 Å². The van der Waals surface area contributed by atoms with Crippen LogP contribution in [0.5, 0.6) is 5.88 Å². The van der Waals surface area contributed by atoms with Crippen LogP contribution >= 0.6 is 0 Å². The molecule has 0 aliphatic carbocycles. The van der Waals surface area contributed by atoms with Crippen molar-refractivity contribution in [3.63, 3.8) is 0 Å². The molecule has 1 aliphatic rings. The number of rotatable bonds is 2. The van der Waals surface area contributed by atoms with E-state index < -0.39 is 0 Å². The zero-order valence-corrected chi connectivity index (χ0v) is 9.22. The summed E-state index contributed by atoms with van der Waals surface area (Å²) in [5.41, 5.74) is 6.34. The minimum Gasteiger partial charge on any atom is -0.481 e. The van der Waals surface area contributed by atoms with Crippen molar-refractivity contribution in [2.45, 2.75) is 12.5 Å². The molecule has 5 nitrogen and oxygen atoms in total. The molecule has 1 aromatic rings. The highest BCUT2D eigenvalue weighted by Crippen LogP contribution is 2.13. The van der Waals surface area contributed by atoms with Gasteiger partial charge in [0.25, 0.3) is 5.91 Å². The molecule has 1 unspecified atom stereocenters. The van der Waals surface area contributed by atoms with Gasteiger partial charge in [-0.1, -0.05) is 0 Å². The highest BCUT2D eigenvalue weighted by Gasteiger charge is 2.24. The Morgan fingerprint density at radius 3 is 2.94 bits per heavy atom. The second-order valence-electron chi connectivity index (χ2n) is 3.89. The van der Waals surface area contributed by atoms with Gasteiger partial charge in [-0.05, 0) is 12.5 Å². The number of hydrogen-bond donors (Lipinski definition) is 1. The monoisotopic (exact) mass is 221 g/mol. The van der Waals surface area contributed by atoms with Gasteiger partial charge in [0.2, 0.25) is 5.88 Å². The smallest absolute Gasteiger partial charge is 0.255 e. The van der Waals surface area contributed by atoms with Gasteiger partial charge in [-0.25, -0.2) is 4.98 Å². The number of amides is 1. The van der Waals surface area contributed by atoms with Gasteiger partial charge in [-0.2, -0.15) is 0 Å². The van der Waals surface area contributed by atoms with Crippen molar-refractivity contribution in [2.24, 2.45) is 5.73 Å². The molecule has 1 fully saturated rings. The van der Waals surface area contributed by atoms with Crippen LogP contribution in [0, 0.1) is 0 Å². The van der Waals surface area contributed by atoms with Gasteiger partial charge in [-0.3, -0.25) is 4.79 Å². The molecule has 2 N–H and O–H groups in total. The molecule has 0 aromatic carbocycles. The van der Waals surface area contributed by atoms with Crippen LogP contribution in [-0.2, 0) is 0 Å². The number of nitrogens with two attached hydrogens (primary N) is 1. The number of nitrogens with zero attached hydrogens (tertiary/aromatic N) is 2. The molecule has 0 bridgehead atoms. The Labute approximate surface area is 94.2 Å². The Hall–Kier alpha value is -1.62. The molecule has 0 radical (unpaired) electrons. The van der Waals surface area contributed by atoms with Gasteiger partial charge < -0.3 is 15.4 Å². The normalized spacial score (nSPS) is 19.9. The minimum absolute atomic E-state index is 0.0110. The Kier molecular flexibility index (Phi) is 3.05. The second-order valence-corrected chi connectivity index (χ2v) is 3.89. The van der Waals surface area contributed by atoms with Crippen LogP contribution in [0.4, 0.5) is 0 Å². The van der Waals surface area contributed by atoms with E-state index in [1.807, 2.05) is 0 Å². The van der Waals surface area contributed by atoms with Gasteiger partial charge in [-0.15, -0.1) is 0 Å². The van der Waals surface area contributed by atoms with Crippen LogP contribution in [0.25, 0.3) is 0 Å². The topological polar surface area (TPSA) is 68.5 Å². The predicted octanol–water partition coefficient (Wildman–Crippen LogP) is 0.263. The number of methoxy groups -OCH3 is 1. The van der Waals surface area contributed by atoms with Crippen LogP contribution < -0.4 is 10.5 Å². The van der Waals surface area contributed by atoms with Crippen LogP contribution in [0.3, 0.4) is 0 Å². The van der Waals surface area contributed by atoms with Crippen LogP contribution in [-0.4, -0.2) is 42.0 Å². The number of likely N-dealkylation sites (tertiary alicyclic amines) is 1. The summed E-state index contributed by atoms with van der Waals surface area (Å²) in [7, 11) is 1.54. The highest BCUT2D eigenvalue weighted by molar-refractivity contribution is 5.94. The van der Waals surface area contributed by atoms with Gasteiger partial charge in [0.05, 0.1) is 12.7 Å². The average molecular weight is 221 g/mol. The Morgan fingerprint density at radius 2 is 2.44 bits per heavy atom. The molecule has 1 aromatic heterocycles. The molecule has 16 heavy (non-hydrogen) atoms. The summed E-state index contributed by atoms with van der Waals surface area (Å²) in [5.74, 6) is 0.498. The summed E-state index contributed by atoms with van der Waals surface area (Å²) < 4.78 is 4.94. The van der Waals surface area contributed by atoms with E-state index in [0.29, 0.717) is 18.0 Å². The molecular weight excluding hydrogens is 206 g/mol. The van der Waals surface area contributed by atoms with Crippen molar-refractivity contribution in [3.05, 3.63) is 23.9 Å². The number of aromatic nitrogens is 1. The highest BCUT2D eigenvalue weighted by atomic mass is 16.5. The van der Waals surface area contributed by atoms with Gasteiger partial charge in [0.1, 0.15) is 0 Å². The lowest BCUT2D eigenvalue weighted by Gasteiger charge is -2.15. The molecule has 5 heteroatoms. The van der Waals surface area contributed by atoms with Gasteiger partial charge >= 0.3 is 0 Å². The fourth-order valence-corrected chi connectivity index (χ4v) is 1.78. The first kappa shape index (κ1) is 10.9. The third-order valence-corrected chi connectivity index (χ3v) is 2.70. The predicted molar refractivity (Wildman–Crippen MR) is 59.3 cm³/mol. The van der Waals surface area contributed by atoms with Crippen molar-refractivity contribution >= 4 is 5.91 Å². The van der Waals surface area contributed by atoms with Crippen molar-refractivity contribution in [3.8, 4) is 5.88 Å². The van der Waals surface area contributed by atoms with Gasteiger partial charge in [0.15, 0.2) is 0 Å². The number of carbonyl (C=O) groups is 1. The third kappa shape index (κ3) is 2.14. The molecule has 0 saturated carbocycles. The Balaban J connectivity index is 2.08. The number of pyridine rings is 1. The summed E-state index contributed by atoms with van der Waals surface area (Å²) in [4.78, 5) is 17.7. The second kappa shape index (κ2) is 4.49.